The molecule has 0 N–H and O–H groups in total. The van der Waals surface area contributed by atoms with Crippen LogP contribution in [0, 0.1) is 24.3 Å². The van der Waals surface area contributed by atoms with Crippen molar-refractivity contribution in [3.8, 4) is 0 Å². The monoisotopic (exact) mass is 333 g/mol. The van der Waals surface area contributed by atoms with Gasteiger partial charge in [0.05, 0.1) is 0 Å². The molecule has 3 nitrogen and oxygen atoms in total. The Bertz CT molecular complexity index is 451. The van der Waals surface area contributed by atoms with Gasteiger partial charge in [-0.1, -0.05) is 5.11 Å². The predicted octanol–water partition coefficient (Wildman–Crippen LogP) is 4.59. The molecule has 80 valence electrons. The Balaban J connectivity index is 3.67. The predicted molar refractivity (Wildman–Crippen MR) is 74.9 cm³/mol. The topological polar surface area (TPSA) is 48.8 Å². The molecule has 0 amide bonds. The van der Waals surface area contributed by atoms with E-state index in [9.17, 15) is 0 Å². The van der Waals surface area contributed by atoms with Crippen molar-refractivity contribution in [1.82, 2.24) is 0 Å². The molecule has 1 aromatic carbocycles. The molecule has 0 aromatic heterocycles. The van der Waals surface area contributed by atoms with Crippen LogP contribution in [0.5, 0.6) is 0 Å². The average molecular weight is 333 g/mol. The summed E-state index contributed by atoms with van der Waals surface area (Å²) in [5.41, 5.74) is 13.8. The SMILES string of the molecule is Cc1c(I)c(C)c(N=[N+]=[N-])c(C)c1CS. The second-order valence-electron chi connectivity index (χ2n) is 3.36. The van der Waals surface area contributed by atoms with Crippen molar-refractivity contribution in [2.75, 3.05) is 0 Å². The third-order valence-corrected chi connectivity index (χ3v) is 4.51. The Labute approximate surface area is 108 Å². The minimum Gasteiger partial charge on any atom is -0.175 e. The second kappa shape index (κ2) is 5.09. The van der Waals surface area contributed by atoms with E-state index in [1.165, 1.54) is 5.56 Å². The maximum Gasteiger partial charge on any atom is 0.0447 e. The zero-order valence-electron chi connectivity index (χ0n) is 8.87. The summed E-state index contributed by atoms with van der Waals surface area (Å²) < 4.78 is 1.16. The van der Waals surface area contributed by atoms with Gasteiger partial charge in [-0.15, -0.1) is 0 Å². The van der Waals surface area contributed by atoms with Crippen LogP contribution in [0.25, 0.3) is 10.4 Å². The molecule has 0 radical (unpaired) electrons. The number of benzene rings is 1. The van der Waals surface area contributed by atoms with Gasteiger partial charge in [0.1, 0.15) is 0 Å². The minimum atomic E-state index is 0.669. The molecule has 0 saturated carbocycles. The number of nitrogens with zero attached hydrogens (tertiary/aromatic N) is 3. The van der Waals surface area contributed by atoms with Crippen molar-refractivity contribution in [2.45, 2.75) is 26.5 Å². The van der Waals surface area contributed by atoms with Crippen LogP contribution in [0.1, 0.15) is 22.3 Å². The lowest BCUT2D eigenvalue weighted by Gasteiger charge is -2.15. The summed E-state index contributed by atoms with van der Waals surface area (Å²) >= 11 is 6.59. The first kappa shape index (κ1) is 12.7. The van der Waals surface area contributed by atoms with Gasteiger partial charge in [0, 0.05) is 19.9 Å². The fraction of sp³-hybridized carbons (Fsp3) is 0.400. The highest BCUT2D eigenvalue weighted by molar-refractivity contribution is 14.1. The first-order chi connectivity index (χ1) is 7.04. The smallest absolute Gasteiger partial charge is 0.0447 e. The zero-order valence-corrected chi connectivity index (χ0v) is 11.9. The summed E-state index contributed by atoms with van der Waals surface area (Å²) in [7, 11) is 0. The molecule has 1 rings (SSSR count). The molecule has 5 heteroatoms. The van der Waals surface area contributed by atoms with E-state index in [0.717, 1.165) is 25.9 Å². The van der Waals surface area contributed by atoms with Crippen molar-refractivity contribution in [1.29, 1.82) is 0 Å². The molecule has 0 aliphatic heterocycles. The molecule has 0 bridgehead atoms. The van der Waals surface area contributed by atoms with Crippen molar-refractivity contribution in [2.24, 2.45) is 5.11 Å². The Morgan fingerprint density at radius 3 is 2.33 bits per heavy atom. The molecule has 0 aliphatic carbocycles. The van der Waals surface area contributed by atoms with Crippen molar-refractivity contribution in [3.05, 3.63) is 36.3 Å². The van der Waals surface area contributed by atoms with Gasteiger partial charge in [0.15, 0.2) is 0 Å². The molecule has 0 saturated heterocycles. The van der Waals surface area contributed by atoms with E-state index in [4.69, 9.17) is 5.53 Å². The van der Waals surface area contributed by atoms with E-state index in [-0.39, 0.29) is 0 Å². The molecular weight excluding hydrogens is 321 g/mol. The lowest BCUT2D eigenvalue weighted by molar-refractivity contribution is 1.17. The maximum absolute atomic E-state index is 8.53. The Morgan fingerprint density at radius 2 is 1.87 bits per heavy atom. The van der Waals surface area contributed by atoms with E-state index < -0.39 is 0 Å². The van der Waals surface area contributed by atoms with Gasteiger partial charge in [0.2, 0.25) is 0 Å². The van der Waals surface area contributed by atoms with E-state index >= 15 is 0 Å². The Morgan fingerprint density at radius 1 is 1.27 bits per heavy atom. The molecule has 0 unspecified atom stereocenters. The molecule has 0 atom stereocenters. The second-order valence-corrected chi connectivity index (χ2v) is 4.76. The summed E-state index contributed by atoms with van der Waals surface area (Å²) in [5, 5.41) is 3.76. The Hall–Kier alpha value is -0.390. The van der Waals surface area contributed by atoms with Crippen molar-refractivity contribution in [3.63, 3.8) is 0 Å². The molecular formula is C10H12IN3S. The quantitative estimate of drug-likeness (QED) is 0.271. The summed E-state index contributed by atoms with van der Waals surface area (Å²) in [6, 6.07) is 0. The number of rotatable bonds is 2. The summed E-state index contributed by atoms with van der Waals surface area (Å²) in [6.07, 6.45) is 0. The van der Waals surface area contributed by atoms with Crippen LogP contribution in [0.15, 0.2) is 5.11 Å². The minimum absolute atomic E-state index is 0.669. The van der Waals surface area contributed by atoms with Crippen molar-refractivity contribution < 1.29 is 0 Å². The first-order valence-corrected chi connectivity index (χ1v) is 6.19. The molecule has 1 aromatic rings. The molecule has 0 heterocycles. The number of hydrogen-bond donors (Lipinski definition) is 1. The lowest BCUT2D eigenvalue weighted by Crippen LogP contribution is -1.97. The molecule has 0 fully saturated rings. The van der Waals surface area contributed by atoms with Gasteiger partial charge in [0.25, 0.3) is 0 Å². The van der Waals surface area contributed by atoms with Gasteiger partial charge >= 0.3 is 0 Å². The molecule has 0 spiro atoms. The average Bonchev–Trinajstić information content (AvgIpc) is 2.22. The van der Waals surface area contributed by atoms with Gasteiger partial charge in [-0.05, 0) is 71.1 Å². The van der Waals surface area contributed by atoms with Gasteiger partial charge in [-0.3, -0.25) is 0 Å². The van der Waals surface area contributed by atoms with Crippen molar-refractivity contribution >= 4 is 40.9 Å². The first-order valence-electron chi connectivity index (χ1n) is 4.48. The largest absolute Gasteiger partial charge is 0.175 e. The number of hydrogen-bond acceptors (Lipinski definition) is 2. The number of azide groups is 1. The number of halogens is 1. The highest BCUT2D eigenvalue weighted by atomic mass is 127. The third kappa shape index (κ3) is 2.24. The van der Waals surface area contributed by atoms with Crippen LogP contribution in [-0.2, 0) is 5.75 Å². The van der Waals surface area contributed by atoms with Crippen LogP contribution >= 0.6 is 35.2 Å². The summed E-state index contributed by atoms with van der Waals surface area (Å²) in [4.78, 5) is 2.87. The fourth-order valence-electron chi connectivity index (χ4n) is 1.65. The summed E-state index contributed by atoms with van der Waals surface area (Å²) in [6.45, 7) is 6.03. The van der Waals surface area contributed by atoms with Crippen LogP contribution in [0.3, 0.4) is 0 Å². The van der Waals surface area contributed by atoms with Crippen LogP contribution < -0.4 is 0 Å². The highest BCUT2D eigenvalue weighted by Crippen LogP contribution is 2.34. The zero-order chi connectivity index (χ0) is 11.6. The lowest BCUT2D eigenvalue weighted by atomic mass is 9.99. The normalized spacial score (nSPS) is 9.93. The van der Waals surface area contributed by atoms with E-state index in [2.05, 4.69) is 52.2 Å². The van der Waals surface area contributed by atoms with Crippen LogP contribution in [-0.4, -0.2) is 0 Å². The molecule has 15 heavy (non-hydrogen) atoms. The van der Waals surface area contributed by atoms with E-state index in [1.807, 2.05) is 13.8 Å². The highest BCUT2D eigenvalue weighted by Gasteiger charge is 2.13. The van der Waals surface area contributed by atoms with E-state index in [0.29, 0.717) is 5.75 Å². The van der Waals surface area contributed by atoms with Gasteiger partial charge in [-0.25, -0.2) is 0 Å². The third-order valence-electron chi connectivity index (χ3n) is 2.58. The van der Waals surface area contributed by atoms with E-state index in [1.54, 1.807) is 0 Å². The van der Waals surface area contributed by atoms with Crippen LogP contribution in [0.2, 0.25) is 0 Å². The van der Waals surface area contributed by atoms with Gasteiger partial charge in [-0.2, -0.15) is 12.6 Å². The molecule has 0 aliphatic rings. The summed E-state index contributed by atoms with van der Waals surface area (Å²) in [5.74, 6) is 0.669. The fourth-order valence-corrected chi connectivity index (χ4v) is 2.71. The van der Waals surface area contributed by atoms with Gasteiger partial charge < -0.3 is 0 Å². The maximum atomic E-state index is 8.53. The Kier molecular flexibility index (Phi) is 4.31. The standard InChI is InChI=1S/C10H12IN3S/c1-5-8(4-15)6(2)10(13-14-12)7(3)9(5)11/h15H,4H2,1-3H3. The van der Waals surface area contributed by atoms with Crippen LogP contribution in [0.4, 0.5) is 5.69 Å². The number of thiol groups is 1.